The van der Waals surface area contributed by atoms with E-state index in [9.17, 15) is 4.79 Å². The van der Waals surface area contributed by atoms with Gasteiger partial charge in [0, 0.05) is 30.5 Å². The van der Waals surface area contributed by atoms with Crippen molar-refractivity contribution in [1.82, 2.24) is 19.5 Å². The van der Waals surface area contributed by atoms with E-state index in [4.69, 9.17) is 14.0 Å². The molecule has 0 unspecified atom stereocenters. The molecule has 3 aromatic heterocycles. The van der Waals surface area contributed by atoms with Gasteiger partial charge in [0.15, 0.2) is 0 Å². The summed E-state index contributed by atoms with van der Waals surface area (Å²) in [7, 11) is 1.66. The number of nitrogens with zero attached hydrogens (tertiary/aromatic N) is 4. The number of imidazole rings is 1. The second kappa shape index (κ2) is 9.13. The van der Waals surface area contributed by atoms with E-state index in [1.54, 1.807) is 17.7 Å². The van der Waals surface area contributed by atoms with Crippen molar-refractivity contribution >= 4 is 17.2 Å². The van der Waals surface area contributed by atoms with Crippen LogP contribution >= 0.6 is 0 Å². The summed E-state index contributed by atoms with van der Waals surface area (Å²) in [6.07, 6.45) is 5.32. The lowest BCUT2D eigenvalue weighted by Crippen LogP contribution is -2.31. The molecule has 0 aliphatic heterocycles. The molecule has 0 bridgehead atoms. The van der Waals surface area contributed by atoms with Crippen molar-refractivity contribution in [2.45, 2.75) is 31.8 Å². The molecule has 1 N–H and O–H groups in total. The van der Waals surface area contributed by atoms with Gasteiger partial charge in [0.1, 0.15) is 11.3 Å². The van der Waals surface area contributed by atoms with Crippen LogP contribution in [0.3, 0.4) is 0 Å². The number of fused-ring (bicyclic) bond motifs is 1. The second-order valence-electron chi connectivity index (χ2n) is 8.17. The smallest absolute Gasteiger partial charge is 0.274 e. The number of carbonyl (C=O) groups is 1. The normalized spacial score (nSPS) is 17.8. The highest BCUT2D eigenvalue weighted by atomic mass is 16.5. The number of rotatable bonds is 8. The minimum atomic E-state index is -0.239. The summed E-state index contributed by atoms with van der Waals surface area (Å²) >= 11 is 0. The first kappa shape index (κ1) is 21.3. The van der Waals surface area contributed by atoms with Gasteiger partial charge in [0.2, 0.25) is 11.7 Å². The molecule has 170 valence electrons. The van der Waals surface area contributed by atoms with E-state index in [-0.39, 0.29) is 17.9 Å². The number of carbonyl (C=O) groups excluding carboxylic acids is 1. The number of pyridine rings is 1. The Morgan fingerprint density at radius 3 is 2.97 bits per heavy atom. The average molecular weight is 447 g/mol. The van der Waals surface area contributed by atoms with Crippen molar-refractivity contribution in [3.8, 4) is 11.4 Å². The Morgan fingerprint density at radius 2 is 2.12 bits per heavy atom. The average Bonchev–Trinajstić information content (AvgIpc) is 3.44. The van der Waals surface area contributed by atoms with E-state index >= 15 is 0 Å². The van der Waals surface area contributed by atoms with Crippen LogP contribution in [-0.2, 0) is 9.47 Å². The van der Waals surface area contributed by atoms with Crippen molar-refractivity contribution in [3.05, 3.63) is 65.9 Å². The molecule has 9 heteroatoms. The van der Waals surface area contributed by atoms with Crippen molar-refractivity contribution in [2.75, 3.05) is 25.6 Å². The quantitative estimate of drug-likeness (QED) is 0.409. The monoisotopic (exact) mass is 447 g/mol. The molecule has 9 nitrogen and oxygen atoms in total. The zero-order valence-corrected chi connectivity index (χ0v) is 18.5. The molecule has 1 aliphatic rings. The maximum atomic E-state index is 12.9. The molecular weight excluding hydrogens is 422 g/mol. The number of aromatic nitrogens is 4. The lowest BCUT2D eigenvalue weighted by atomic mass is 9.82. The lowest BCUT2D eigenvalue weighted by molar-refractivity contribution is -0.0354. The molecule has 33 heavy (non-hydrogen) atoms. The van der Waals surface area contributed by atoms with Crippen molar-refractivity contribution in [2.24, 2.45) is 0 Å². The number of ether oxygens (including phenoxy) is 2. The molecule has 0 spiro atoms. The van der Waals surface area contributed by atoms with Gasteiger partial charge in [-0.3, -0.25) is 9.20 Å². The number of amides is 1. The van der Waals surface area contributed by atoms with Gasteiger partial charge in [0.25, 0.3) is 5.91 Å². The first-order valence-corrected chi connectivity index (χ1v) is 10.9. The van der Waals surface area contributed by atoms with Gasteiger partial charge in [-0.2, -0.15) is 4.98 Å². The summed E-state index contributed by atoms with van der Waals surface area (Å²) in [5.41, 5.74) is 3.57. The van der Waals surface area contributed by atoms with Crippen molar-refractivity contribution in [1.29, 1.82) is 0 Å². The van der Waals surface area contributed by atoms with Gasteiger partial charge in [0.05, 0.1) is 25.5 Å². The molecule has 4 aromatic rings. The fraction of sp³-hybridized carbons (Fsp3) is 0.333. The number of hydrogen-bond acceptors (Lipinski definition) is 7. The summed E-state index contributed by atoms with van der Waals surface area (Å²) in [5, 5.41) is 7.14. The fourth-order valence-corrected chi connectivity index (χ4v) is 3.90. The predicted molar refractivity (Wildman–Crippen MR) is 121 cm³/mol. The number of nitrogens with one attached hydrogen (secondary N) is 1. The van der Waals surface area contributed by atoms with E-state index in [0.29, 0.717) is 36.3 Å². The fourth-order valence-electron chi connectivity index (χ4n) is 3.90. The van der Waals surface area contributed by atoms with Gasteiger partial charge in [-0.1, -0.05) is 23.4 Å². The molecular formula is C24H25N5O4. The molecule has 0 saturated heterocycles. The largest absolute Gasteiger partial charge is 0.382 e. The summed E-state index contributed by atoms with van der Waals surface area (Å²) in [5.74, 6) is 1.09. The molecule has 1 aromatic carbocycles. The van der Waals surface area contributed by atoms with Crippen molar-refractivity contribution in [3.63, 3.8) is 0 Å². The summed E-state index contributed by atoms with van der Waals surface area (Å²) in [6.45, 7) is 3.12. The van der Waals surface area contributed by atoms with Crippen LogP contribution in [0.2, 0.25) is 0 Å². The lowest BCUT2D eigenvalue weighted by Gasteiger charge is -2.32. The topological polar surface area (TPSA) is 104 Å². The third-order valence-electron chi connectivity index (χ3n) is 5.92. The minimum Gasteiger partial charge on any atom is -0.382 e. The van der Waals surface area contributed by atoms with Crippen LogP contribution in [0.5, 0.6) is 0 Å². The maximum Gasteiger partial charge on any atom is 0.274 e. The zero-order valence-electron chi connectivity index (χ0n) is 18.5. The highest BCUT2D eigenvalue weighted by molar-refractivity contribution is 6.04. The van der Waals surface area contributed by atoms with Crippen LogP contribution in [0.25, 0.3) is 17.0 Å². The Balaban J connectivity index is 1.28. The molecule has 5 rings (SSSR count). The molecule has 1 saturated carbocycles. The minimum absolute atomic E-state index is 0.207. The summed E-state index contributed by atoms with van der Waals surface area (Å²) < 4.78 is 18.0. The Labute approximate surface area is 190 Å². The molecule has 0 atom stereocenters. The van der Waals surface area contributed by atoms with Crippen LogP contribution in [0.15, 0.2) is 53.3 Å². The highest BCUT2D eigenvalue weighted by Crippen LogP contribution is 2.38. The Morgan fingerprint density at radius 1 is 1.24 bits per heavy atom. The van der Waals surface area contributed by atoms with Gasteiger partial charge in [-0.25, -0.2) is 4.98 Å². The number of benzene rings is 1. The van der Waals surface area contributed by atoms with Crippen molar-refractivity contribution < 1.29 is 18.8 Å². The first-order chi connectivity index (χ1) is 16.1. The molecule has 1 fully saturated rings. The van der Waals surface area contributed by atoms with E-state index in [2.05, 4.69) is 20.4 Å². The standard InChI is InChI=1S/C24H25N5O4/c1-15-6-7-16(22-27-24(33-28-22)17-11-18(12-17)32-10-9-31-2)13-19(15)26-23(30)20-14-25-21-5-3-4-8-29(20)21/h3-8,13-14,17-18H,9-12H2,1-2H3,(H,26,30). The summed E-state index contributed by atoms with van der Waals surface area (Å²) in [6, 6.07) is 11.3. The number of methoxy groups -OCH3 is 1. The van der Waals surface area contributed by atoms with Crippen LogP contribution in [0, 0.1) is 6.92 Å². The first-order valence-electron chi connectivity index (χ1n) is 10.9. The third-order valence-corrected chi connectivity index (χ3v) is 5.92. The zero-order chi connectivity index (χ0) is 22.8. The Bertz CT molecular complexity index is 1270. The van der Waals surface area contributed by atoms with Gasteiger partial charge >= 0.3 is 0 Å². The van der Waals surface area contributed by atoms with Gasteiger partial charge in [-0.15, -0.1) is 0 Å². The number of aryl methyl sites for hydroxylation is 1. The predicted octanol–water partition coefficient (Wildman–Crippen LogP) is 3.85. The Kier molecular flexibility index (Phi) is 5.89. The molecule has 3 heterocycles. The molecule has 1 amide bonds. The van der Waals surface area contributed by atoms with E-state index in [0.717, 1.165) is 29.6 Å². The van der Waals surface area contributed by atoms with Crippen LogP contribution in [0.1, 0.15) is 40.7 Å². The summed E-state index contributed by atoms with van der Waals surface area (Å²) in [4.78, 5) is 21.8. The van der Waals surface area contributed by atoms with E-state index in [1.165, 1.54) is 0 Å². The van der Waals surface area contributed by atoms with Crippen LogP contribution in [0.4, 0.5) is 5.69 Å². The maximum absolute atomic E-state index is 12.9. The highest BCUT2D eigenvalue weighted by Gasteiger charge is 2.35. The Hall–Kier alpha value is -3.56. The van der Waals surface area contributed by atoms with Crippen LogP contribution < -0.4 is 5.32 Å². The van der Waals surface area contributed by atoms with E-state index < -0.39 is 0 Å². The van der Waals surface area contributed by atoms with E-state index in [1.807, 2.05) is 49.5 Å². The molecule has 0 radical (unpaired) electrons. The molecule has 1 aliphatic carbocycles. The van der Waals surface area contributed by atoms with Gasteiger partial charge < -0.3 is 19.3 Å². The van der Waals surface area contributed by atoms with Gasteiger partial charge in [-0.05, 0) is 43.5 Å². The number of hydrogen-bond donors (Lipinski definition) is 1. The van der Waals surface area contributed by atoms with Crippen LogP contribution in [-0.4, -0.2) is 51.9 Å². The second-order valence-corrected chi connectivity index (χ2v) is 8.17. The number of anilines is 1. The SMILES string of the molecule is COCCOC1CC(c2nc(-c3ccc(C)c(NC(=O)c4cnc5ccccn45)c3)no2)C1. The third kappa shape index (κ3) is 4.37.